The average molecular weight is 350 g/mol. The van der Waals surface area contributed by atoms with Crippen LogP contribution in [0.25, 0.3) is 0 Å². The molecule has 1 N–H and O–H groups in total. The van der Waals surface area contributed by atoms with Crippen LogP contribution in [0.5, 0.6) is 0 Å². The Hall–Kier alpha value is -1.40. The second kappa shape index (κ2) is 8.12. The molecule has 0 amide bonds. The first-order chi connectivity index (χ1) is 11.6. The van der Waals surface area contributed by atoms with E-state index in [0.29, 0.717) is 30.8 Å². The van der Waals surface area contributed by atoms with Crippen molar-refractivity contribution in [3.63, 3.8) is 0 Å². The molecule has 0 aliphatic carbocycles. The number of aryl methyl sites for hydroxylation is 1. The number of likely N-dealkylation sites (tertiary alicyclic amines) is 1. The summed E-state index contributed by atoms with van der Waals surface area (Å²) in [4.78, 5) is 2.33. The fourth-order valence-electron chi connectivity index (χ4n) is 3.25. The molecule has 0 radical (unpaired) electrons. The van der Waals surface area contributed by atoms with Gasteiger partial charge in [-0.1, -0.05) is 23.7 Å². The second-order valence-electron chi connectivity index (χ2n) is 6.40. The van der Waals surface area contributed by atoms with Crippen molar-refractivity contribution in [3.8, 4) is 0 Å². The maximum Gasteiger partial charge on any atom is 0.0900 e. The van der Waals surface area contributed by atoms with Crippen molar-refractivity contribution in [1.29, 1.82) is 0 Å². The van der Waals surface area contributed by atoms with Crippen molar-refractivity contribution in [1.82, 2.24) is 14.7 Å². The van der Waals surface area contributed by atoms with E-state index in [9.17, 15) is 5.11 Å². The van der Waals surface area contributed by atoms with Gasteiger partial charge in [-0.05, 0) is 37.1 Å². The lowest BCUT2D eigenvalue weighted by molar-refractivity contribution is 0.00771. The number of rotatable bonds is 7. The minimum atomic E-state index is -0.491. The molecule has 0 bridgehead atoms. The third kappa shape index (κ3) is 4.57. The highest BCUT2D eigenvalue weighted by Gasteiger charge is 2.28. The van der Waals surface area contributed by atoms with Gasteiger partial charge in [0.25, 0.3) is 0 Å². The van der Waals surface area contributed by atoms with Gasteiger partial charge in [0.15, 0.2) is 0 Å². The van der Waals surface area contributed by atoms with Crippen molar-refractivity contribution in [2.45, 2.75) is 31.6 Å². The van der Waals surface area contributed by atoms with Gasteiger partial charge in [0, 0.05) is 36.4 Å². The number of aliphatic hydroxyl groups is 1. The fraction of sp³-hybridized carbons (Fsp3) is 0.500. The minimum Gasteiger partial charge on any atom is -0.389 e. The molecule has 0 saturated carbocycles. The van der Waals surface area contributed by atoms with Crippen molar-refractivity contribution in [3.05, 3.63) is 52.8 Å². The Balaban J connectivity index is 1.45. The lowest BCUT2D eigenvalue weighted by Crippen LogP contribution is -2.34. The first kappa shape index (κ1) is 17.4. The van der Waals surface area contributed by atoms with Gasteiger partial charge in [0.05, 0.1) is 25.5 Å². The third-order valence-electron chi connectivity index (χ3n) is 4.41. The molecule has 24 heavy (non-hydrogen) atoms. The summed E-state index contributed by atoms with van der Waals surface area (Å²) in [5.74, 6) is 0. The number of nitrogens with zero attached hydrogens (tertiary/aromatic N) is 3. The summed E-state index contributed by atoms with van der Waals surface area (Å²) < 4.78 is 7.47. The SMILES string of the molecule is Cn1cc([C@H]2CCCN2C[C@@H](O)COCc2ccc(Cl)cc2)cn1. The largest absolute Gasteiger partial charge is 0.389 e. The quantitative estimate of drug-likeness (QED) is 0.835. The molecule has 130 valence electrons. The van der Waals surface area contributed by atoms with Crippen molar-refractivity contribution < 1.29 is 9.84 Å². The Labute approximate surface area is 147 Å². The smallest absolute Gasteiger partial charge is 0.0900 e. The summed E-state index contributed by atoms with van der Waals surface area (Å²) in [5.41, 5.74) is 2.28. The van der Waals surface area contributed by atoms with Crippen LogP contribution in [0, 0.1) is 0 Å². The van der Waals surface area contributed by atoms with Crippen LogP contribution >= 0.6 is 11.6 Å². The van der Waals surface area contributed by atoms with Crippen LogP contribution in [0.3, 0.4) is 0 Å². The molecule has 1 saturated heterocycles. The van der Waals surface area contributed by atoms with Gasteiger partial charge in [-0.15, -0.1) is 0 Å². The van der Waals surface area contributed by atoms with Crippen LogP contribution in [0.15, 0.2) is 36.7 Å². The van der Waals surface area contributed by atoms with E-state index >= 15 is 0 Å². The van der Waals surface area contributed by atoms with E-state index in [1.54, 1.807) is 0 Å². The number of halogens is 1. The van der Waals surface area contributed by atoms with E-state index < -0.39 is 6.10 Å². The zero-order valence-corrected chi connectivity index (χ0v) is 14.7. The molecule has 0 spiro atoms. The molecule has 0 unspecified atom stereocenters. The van der Waals surface area contributed by atoms with Crippen LogP contribution in [0.1, 0.15) is 30.0 Å². The van der Waals surface area contributed by atoms with Crippen molar-refractivity contribution >= 4 is 11.6 Å². The van der Waals surface area contributed by atoms with E-state index in [-0.39, 0.29) is 0 Å². The standard InChI is InChI=1S/C18H24ClN3O2/c1-21-10-15(9-20-21)18-3-2-8-22(18)11-17(23)13-24-12-14-4-6-16(19)7-5-14/h4-7,9-10,17-18,23H,2-3,8,11-13H2,1H3/t17-,18-/m1/s1. The molecule has 2 heterocycles. The van der Waals surface area contributed by atoms with E-state index in [1.165, 1.54) is 5.56 Å². The number of benzene rings is 1. The zero-order chi connectivity index (χ0) is 16.9. The minimum absolute atomic E-state index is 0.332. The molecule has 2 atom stereocenters. The highest BCUT2D eigenvalue weighted by molar-refractivity contribution is 6.30. The highest BCUT2D eigenvalue weighted by Crippen LogP contribution is 2.31. The molecule has 5 nitrogen and oxygen atoms in total. The summed E-state index contributed by atoms with van der Waals surface area (Å²) in [5, 5.41) is 15.3. The predicted octanol–water partition coefficient (Wildman–Crippen LogP) is 2.79. The maximum absolute atomic E-state index is 10.3. The lowest BCUT2D eigenvalue weighted by atomic mass is 10.1. The van der Waals surface area contributed by atoms with E-state index in [2.05, 4.69) is 16.2 Å². The van der Waals surface area contributed by atoms with Gasteiger partial charge in [-0.25, -0.2) is 0 Å². The number of hydrogen-bond donors (Lipinski definition) is 1. The lowest BCUT2D eigenvalue weighted by Gasteiger charge is -2.26. The molecular weight excluding hydrogens is 326 g/mol. The third-order valence-corrected chi connectivity index (χ3v) is 4.66. The summed E-state index contributed by atoms with van der Waals surface area (Å²) in [6, 6.07) is 7.92. The van der Waals surface area contributed by atoms with E-state index in [1.807, 2.05) is 42.2 Å². The molecule has 6 heteroatoms. The molecule has 1 aliphatic heterocycles. The molecule has 1 aromatic carbocycles. The van der Waals surface area contributed by atoms with Gasteiger partial charge < -0.3 is 9.84 Å². The first-order valence-electron chi connectivity index (χ1n) is 8.34. The van der Waals surface area contributed by atoms with Crippen LogP contribution in [0.4, 0.5) is 0 Å². The van der Waals surface area contributed by atoms with Crippen molar-refractivity contribution in [2.75, 3.05) is 19.7 Å². The van der Waals surface area contributed by atoms with Gasteiger partial charge in [-0.3, -0.25) is 9.58 Å². The van der Waals surface area contributed by atoms with Crippen LogP contribution in [-0.2, 0) is 18.4 Å². The molecule has 3 rings (SSSR count). The van der Waals surface area contributed by atoms with Crippen LogP contribution < -0.4 is 0 Å². The normalized spacial score (nSPS) is 19.7. The van der Waals surface area contributed by atoms with Gasteiger partial charge in [-0.2, -0.15) is 5.10 Å². The summed E-state index contributed by atoms with van der Waals surface area (Å²) in [7, 11) is 1.93. The molecular formula is C18H24ClN3O2. The Morgan fingerprint density at radius 3 is 2.88 bits per heavy atom. The Morgan fingerprint density at radius 2 is 2.17 bits per heavy atom. The summed E-state index contributed by atoms with van der Waals surface area (Å²) >= 11 is 5.86. The van der Waals surface area contributed by atoms with Crippen LogP contribution in [0.2, 0.25) is 5.02 Å². The average Bonchev–Trinajstić information content (AvgIpc) is 3.18. The fourth-order valence-corrected chi connectivity index (χ4v) is 3.38. The number of ether oxygens (including phenoxy) is 1. The Kier molecular flexibility index (Phi) is 5.89. The van der Waals surface area contributed by atoms with Gasteiger partial charge in [0.2, 0.25) is 0 Å². The Morgan fingerprint density at radius 1 is 1.38 bits per heavy atom. The predicted molar refractivity (Wildman–Crippen MR) is 93.9 cm³/mol. The second-order valence-corrected chi connectivity index (χ2v) is 6.83. The first-order valence-corrected chi connectivity index (χ1v) is 8.72. The summed E-state index contributed by atoms with van der Waals surface area (Å²) in [6.07, 6.45) is 5.76. The molecule has 2 aromatic rings. The Bertz CT molecular complexity index is 644. The van der Waals surface area contributed by atoms with E-state index in [0.717, 1.165) is 24.9 Å². The highest BCUT2D eigenvalue weighted by atomic mass is 35.5. The van der Waals surface area contributed by atoms with E-state index in [4.69, 9.17) is 16.3 Å². The maximum atomic E-state index is 10.3. The molecule has 1 aromatic heterocycles. The molecule has 1 fully saturated rings. The van der Waals surface area contributed by atoms with Crippen LogP contribution in [-0.4, -0.2) is 45.6 Å². The zero-order valence-electron chi connectivity index (χ0n) is 13.9. The van der Waals surface area contributed by atoms with Crippen molar-refractivity contribution in [2.24, 2.45) is 7.05 Å². The topological polar surface area (TPSA) is 50.5 Å². The number of aliphatic hydroxyl groups excluding tert-OH is 1. The molecule has 1 aliphatic rings. The number of β-amino-alcohol motifs (C(OH)–C–C–N with tert-alkyl or cyclic N) is 1. The number of hydrogen-bond acceptors (Lipinski definition) is 4. The van der Waals surface area contributed by atoms with Gasteiger partial charge >= 0.3 is 0 Å². The number of aromatic nitrogens is 2. The monoisotopic (exact) mass is 349 g/mol. The summed E-state index contributed by atoms with van der Waals surface area (Å²) in [6.45, 7) is 2.45. The van der Waals surface area contributed by atoms with Gasteiger partial charge in [0.1, 0.15) is 0 Å².